The normalized spacial score (nSPS) is 22.8. The second kappa shape index (κ2) is 7.99. The van der Waals surface area contributed by atoms with Gasteiger partial charge < -0.3 is 20.1 Å². The molecular formula is C13H24N2O4. The molecule has 110 valence electrons. The average molecular weight is 272 g/mol. The molecule has 0 aliphatic heterocycles. The number of hydrogen-bond acceptors (Lipinski definition) is 3. The van der Waals surface area contributed by atoms with Crippen molar-refractivity contribution in [2.24, 2.45) is 11.8 Å². The summed E-state index contributed by atoms with van der Waals surface area (Å²) in [4.78, 5) is 24.1. The summed E-state index contributed by atoms with van der Waals surface area (Å²) in [5.41, 5.74) is 0. The molecule has 0 aromatic carbocycles. The quantitative estimate of drug-likeness (QED) is 0.760. The van der Waals surface area contributed by atoms with Crippen molar-refractivity contribution in [3.05, 3.63) is 0 Å². The molecule has 6 heteroatoms. The zero-order valence-corrected chi connectivity index (χ0v) is 11.7. The Morgan fingerprint density at radius 2 is 1.95 bits per heavy atom. The van der Waals surface area contributed by atoms with Crippen LogP contribution in [-0.4, -0.2) is 55.9 Å². The Bertz CT molecular complexity index is 301. The van der Waals surface area contributed by atoms with E-state index < -0.39 is 5.97 Å². The van der Waals surface area contributed by atoms with Gasteiger partial charge in [0.25, 0.3) is 0 Å². The zero-order valence-electron chi connectivity index (χ0n) is 11.7. The first-order valence-corrected chi connectivity index (χ1v) is 6.75. The van der Waals surface area contributed by atoms with Gasteiger partial charge in [0.15, 0.2) is 0 Å². The number of rotatable bonds is 6. The van der Waals surface area contributed by atoms with Gasteiger partial charge >= 0.3 is 12.0 Å². The molecule has 19 heavy (non-hydrogen) atoms. The van der Waals surface area contributed by atoms with Gasteiger partial charge in [-0.15, -0.1) is 0 Å². The number of methoxy groups -OCH3 is 1. The van der Waals surface area contributed by atoms with E-state index in [1.54, 1.807) is 19.1 Å². The third kappa shape index (κ3) is 5.46. The lowest BCUT2D eigenvalue weighted by atomic mass is 9.82. The van der Waals surface area contributed by atoms with Crippen LogP contribution in [0.15, 0.2) is 0 Å². The van der Waals surface area contributed by atoms with Crippen molar-refractivity contribution in [3.8, 4) is 0 Å². The SMILES string of the molecule is COCCN(C)C(=O)NCC1CCC(C(=O)O)CC1. The predicted octanol–water partition coefficient (Wildman–Crippen LogP) is 1.17. The highest BCUT2D eigenvalue weighted by Gasteiger charge is 2.26. The van der Waals surface area contributed by atoms with Crippen LogP contribution in [0, 0.1) is 11.8 Å². The van der Waals surface area contributed by atoms with Gasteiger partial charge in [-0.2, -0.15) is 0 Å². The molecule has 2 amide bonds. The maximum Gasteiger partial charge on any atom is 0.317 e. The number of urea groups is 1. The largest absolute Gasteiger partial charge is 0.481 e. The van der Waals surface area contributed by atoms with E-state index in [0.29, 0.717) is 25.6 Å². The minimum Gasteiger partial charge on any atom is -0.481 e. The fourth-order valence-electron chi connectivity index (χ4n) is 2.31. The summed E-state index contributed by atoms with van der Waals surface area (Å²) >= 11 is 0. The molecule has 0 heterocycles. The van der Waals surface area contributed by atoms with Crippen LogP contribution in [0.1, 0.15) is 25.7 Å². The molecule has 0 atom stereocenters. The van der Waals surface area contributed by atoms with E-state index in [1.807, 2.05) is 0 Å². The first-order chi connectivity index (χ1) is 9.04. The van der Waals surface area contributed by atoms with Gasteiger partial charge in [0.1, 0.15) is 0 Å². The van der Waals surface area contributed by atoms with Crippen molar-refractivity contribution >= 4 is 12.0 Å². The van der Waals surface area contributed by atoms with Gasteiger partial charge in [-0.25, -0.2) is 4.79 Å². The topological polar surface area (TPSA) is 78.9 Å². The number of amides is 2. The van der Waals surface area contributed by atoms with E-state index in [9.17, 15) is 9.59 Å². The van der Waals surface area contributed by atoms with Gasteiger partial charge in [0.2, 0.25) is 0 Å². The summed E-state index contributed by atoms with van der Waals surface area (Å²) in [6, 6.07) is -0.0996. The fraction of sp³-hybridized carbons (Fsp3) is 0.846. The lowest BCUT2D eigenvalue weighted by Crippen LogP contribution is -2.41. The monoisotopic (exact) mass is 272 g/mol. The van der Waals surface area contributed by atoms with E-state index in [-0.39, 0.29) is 11.9 Å². The van der Waals surface area contributed by atoms with Crippen molar-refractivity contribution in [2.75, 3.05) is 33.9 Å². The molecule has 0 unspecified atom stereocenters. The number of carboxylic acids is 1. The lowest BCUT2D eigenvalue weighted by molar-refractivity contribution is -0.143. The summed E-state index contributed by atoms with van der Waals surface area (Å²) in [6.07, 6.45) is 3.18. The molecule has 1 aliphatic carbocycles. The third-order valence-electron chi connectivity index (χ3n) is 3.72. The molecule has 0 spiro atoms. The maximum absolute atomic E-state index is 11.7. The Hall–Kier alpha value is -1.30. The first kappa shape index (κ1) is 15.8. The molecule has 6 nitrogen and oxygen atoms in total. The van der Waals surface area contributed by atoms with Gasteiger partial charge in [-0.3, -0.25) is 4.79 Å². The number of carbonyl (C=O) groups is 2. The van der Waals surface area contributed by atoms with Crippen molar-refractivity contribution < 1.29 is 19.4 Å². The lowest BCUT2D eigenvalue weighted by Gasteiger charge is -2.27. The molecule has 0 aromatic heterocycles. The Morgan fingerprint density at radius 1 is 1.32 bits per heavy atom. The van der Waals surface area contributed by atoms with Crippen LogP contribution in [-0.2, 0) is 9.53 Å². The summed E-state index contributed by atoms with van der Waals surface area (Å²) in [5, 5.41) is 11.8. The maximum atomic E-state index is 11.7. The summed E-state index contributed by atoms with van der Waals surface area (Å²) in [7, 11) is 3.34. The van der Waals surface area contributed by atoms with E-state index in [0.717, 1.165) is 25.7 Å². The summed E-state index contributed by atoms with van der Waals surface area (Å²) in [6.45, 7) is 1.71. The molecule has 0 bridgehead atoms. The van der Waals surface area contributed by atoms with E-state index in [2.05, 4.69) is 5.32 Å². The van der Waals surface area contributed by atoms with Gasteiger partial charge in [0, 0.05) is 27.2 Å². The van der Waals surface area contributed by atoms with Crippen molar-refractivity contribution in [2.45, 2.75) is 25.7 Å². The smallest absolute Gasteiger partial charge is 0.317 e. The van der Waals surface area contributed by atoms with Crippen molar-refractivity contribution in [1.82, 2.24) is 10.2 Å². The number of nitrogens with one attached hydrogen (secondary N) is 1. The third-order valence-corrected chi connectivity index (χ3v) is 3.72. The van der Waals surface area contributed by atoms with Crippen LogP contribution in [0.2, 0.25) is 0 Å². The second-order valence-corrected chi connectivity index (χ2v) is 5.16. The predicted molar refractivity (Wildman–Crippen MR) is 71.0 cm³/mol. The van der Waals surface area contributed by atoms with E-state index in [1.165, 1.54) is 0 Å². The molecule has 0 saturated heterocycles. The minimum atomic E-state index is -0.693. The fourth-order valence-corrected chi connectivity index (χ4v) is 2.31. The van der Waals surface area contributed by atoms with Crippen molar-refractivity contribution in [1.29, 1.82) is 0 Å². The number of ether oxygens (including phenoxy) is 1. The Balaban J connectivity index is 2.19. The molecule has 1 saturated carbocycles. The Kier molecular flexibility index (Phi) is 6.62. The first-order valence-electron chi connectivity index (χ1n) is 6.75. The van der Waals surface area contributed by atoms with Crippen LogP contribution in [0.25, 0.3) is 0 Å². The highest BCUT2D eigenvalue weighted by atomic mass is 16.5. The molecule has 2 N–H and O–H groups in total. The van der Waals surface area contributed by atoms with Crippen LogP contribution in [0.4, 0.5) is 4.79 Å². The molecule has 0 aromatic rings. The van der Waals surface area contributed by atoms with Crippen molar-refractivity contribution in [3.63, 3.8) is 0 Å². The minimum absolute atomic E-state index is 0.0996. The number of likely N-dealkylation sites (N-methyl/N-ethyl adjacent to an activating group) is 1. The molecule has 1 rings (SSSR count). The van der Waals surface area contributed by atoms with Crippen LogP contribution in [0.5, 0.6) is 0 Å². The molecule has 0 radical (unpaired) electrons. The summed E-state index contributed by atoms with van der Waals surface area (Å²) in [5.74, 6) is -0.492. The molecule has 1 fully saturated rings. The van der Waals surface area contributed by atoms with Crippen LogP contribution in [0.3, 0.4) is 0 Å². The number of aliphatic carboxylic acids is 1. The second-order valence-electron chi connectivity index (χ2n) is 5.16. The van der Waals surface area contributed by atoms with Gasteiger partial charge in [-0.1, -0.05) is 0 Å². The van der Waals surface area contributed by atoms with Gasteiger partial charge in [-0.05, 0) is 31.6 Å². The van der Waals surface area contributed by atoms with E-state index in [4.69, 9.17) is 9.84 Å². The van der Waals surface area contributed by atoms with Crippen LogP contribution >= 0.6 is 0 Å². The number of nitrogens with zero attached hydrogens (tertiary/aromatic N) is 1. The number of carbonyl (C=O) groups excluding carboxylic acids is 1. The highest BCUT2D eigenvalue weighted by Crippen LogP contribution is 2.28. The van der Waals surface area contributed by atoms with E-state index >= 15 is 0 Å². The molecular weight excluding hydrogens is 248 g/mol. The zero-order chi connectivity index (χ0) is 14.3. The highest BCUT2D eigenvalue weighted by molar-refractivity contribution is 5.73. The average Bonchev–Trinajstić information content (AvgIpc) is 2.42. The van der Waals surface area contributed by atoms with Gasteiger partial charge in [0.05, 0.1) is 12.5 Å². The Morgan fingerprint density at radius 3 is 2.47 bits per heavy atom. The van der Waals surface area contributed by atoms with Crippen LogP contribution < -0.4 is 5.32 Å². The summed E-state index contributed by atoms with van der Waals surface area (Å²) < 4.78 is 4.91. The molecule has 1 aliphatic rings. The number of carboxylic acid groups (broad SMARTS) is 1. The number of hydrogen-bond donors (Lipinski definition) is 2. The Labute approximate surface area is 114 Å². The standard InChI is InChI=1S/C13H24N2O4/c1-15(7-8-19-2)13(18)14-9-10-3-5-11(6-4-10)12(16)17/h10-11H,3-9H2,1-2H3,(H,14,18)(H,16,17).